The van der Waals surface area contributed by atoms with Gasteiger partial charge in [0.1, 0.15) is 0 Å². The Kier molecular flexibility index (Phi) is 6.06. The van der Waals surface area contributed by atoms with Crippen LogP contribution in [0.15, 0.2) is 29.2 Å². The molecule has 0 unspecified atom stereocenters. The van der Waals surface area contributed by atoms with Gasteiger partial charge in [0, 0.05) is 18.8 Å². The SMILES string of the molecule is CCCNS(=O)(=O)c1ccc(NCC2CCCCC2)cc1. The molecule has 4 nitrogen and oxygen atoms in total. The summed E-state index contributed by atoms with van der Waals surface area (Å²) in [6, 6.07) is 7.04. The minimum Gasteiger partial charge on any atom is -0.385 e. The molecular weight excluding hydrogens is 284 g/mol. The number of anilines is 1. The van der Waals surface area contributed by atoms with Crippen LogP contribution >= 0.6 is 0 Å². The van der Waals surface area contributed by atoms with Gasteiger partial charge in [-0.2, -0.15) is 0 Å². The monoisotopic (exact) mass is 310 g/mol. The normalized spacial score (nSPS) is 16.8. The van der Waals surface area contributed by atoms with Gasteiger partial charge >= 0.3 is 0 Å². The zero-order valence-electron chi connectivity index (χ0n) is 12.8. The summed E-state index contributed by atoms with van der Waals surface area (Å²) in [4.78, 5) is 0.333. The molecule has 1 aromatic carbocycles. The van der Waals surface area contributed by atoms with Crippen molar-refractivity contribution in [2.45, 2.75) is 50.3 Å². The number of benzene rings is 1. The van der Waals surface area contributed by atoms with Gasteiger partial charge in [0.15, 0.2) is 0 Å². The first kappa shape index (κ1) is 16.3. The Morgan fingerprint density at radius 3 is 2.38 bits per heavy atom. The van der Waals surface area contributed by atoms with Gasteiger partial charge < -0.3 is 5.32 Å². The lowest BCUT2D eigenvalue weighted by Crippen LogP contribution is -2.24. The summed E-state index contributed by atoms with van der Waals surface area (Å²) < 4.78 is 26.5. The van der Waals surface area contributed by atoms with E-state index in [2.05, 4.69) is 10.0 Å². The first-order valence-corrected chi connectivity index (χ1v) is 9.44. The highest BCUT2D eigenvalue weighted by molar-refractivity contribution is 7.89. The molecule has 21 heavy (non-hydrogen) atoms. The Morgan fingerprint density at radius 2 is 1.76 bits per heavy atom. The maximum atomic E-state index is 12.0. The van der Waals surface area contributed by atoms with E-state index < -0.39 is 10.0 Å². The van der Waals surface area contributed by atoms with Crippen LogP contribution in [0.4, 0.5) is 5.69 Å². The van der Waals surface area contributed by atoms with E-state index in [4.69, 9.17) is 0 Å². The molecular formula is C16H26N2O2S. The highest BCUT2D eigenvalue weighted by atomic mass is 32.2. The van der Waals surface area contributed by atoms with E-state index in [0.29, 0.717) is 11.4 Å². The number of hydrogen-bond acceptors (Lipinski definition) is 3. The van der Waals surface area contributed by atoms with Crippen molar-refractivity contribution < 1.29 is 8.42 Å². The second-order valence-corrected chi connectivity index (χ2v) is 7.57. The molecule has 0 aromatic heterocycles. The third-order valence-electron chi connectivity index (χ3n) is 4.03. The second kappa shape index (κ2) is 7.80. The fourth-order valence-electron chi connectivity index (χ4n) is 2.73. The molecule has 1 aliphatic rings. The number of sulfonamides is 1. The summed E-state index contributed by atoms with van der Waals surface area (Å²) >= 11 is 0. The maximum Gasteiger partial charge on any atom is 0.240 e. The zero-order valence-corrected chi connectivity index (χ0v) is 13.6. The summed E-state index contributed by atoms with van der Waals surface area (Å²) in [5.74, 6) is 0.758. The molecule has 0 radical (unpaired) electrons. The number of hydrogen-bond donors (Lipinski definition) is 2. The average Bonchev–Trinajstić information content (AvgIpc) is 2.52. The first-order valence-electron chi connectivity index (χ1n) is 7.95. The zero-order chi connectivity index (χ0) is 15.1. The van der Waals surface area contributed by atoms with E-state index in [-0.39, 0.29) is 0 Å². The van der Waals surface area contributed by atoms with Crippen LogP contribution in [-0.2, 0) is 10.0 Å². The predicted octanol–water partition coefficient (Wildman–Crippen LogP) is 3.37. The van der Waals surface area contributed by atoms with Crippen LogP contribution in [0.25, 0.3) is 0 Å². The molecule has 0 spiro atoms. The molecule has 5 heteroatoms. The predicted molar refractivity (Wildman–Crippen MR) is 87.0 cm³/mol. The van der Waals surface area contributed by atoms with Crippen LogP contribution in [0.2, 0.25) is 0 Å². The minimum absolute atomic E-state index is 0.333. The van der Waals surface area contributed by atoms with Crippen molar-refractivity contribution in [1.29, 1.82) is 0 Å². The summed E-state index contributed by atoms with van der Waals surface area (Å²) in [5, 5.41) is 3.42. The average molecular weight is 310 g/mol. The van der Waals surface area contributed by atoms with E-state index in [1.54, 1.807) is 12.1 Å². The Balaban J connectivity index is 1.89. The smallest absolute Gasteiger partial charge is 0.240 e. The minimum atomic E-state index is -3.35. The van der Waals surface area contributed by atoms with Gasteiger partial charge in [-0.3, -0.25) is 0 Å². The van der Waals surface area contributed by atoms with Crippen LogP contribution in [-0.4, -0.2) is 21.5 Å². The molecule has 0 aliphatic heterocycles. The second-order valence-electron chi connectivity index (χ2n) is 5.81. The Labute approximate surface area is 128 Å². The topological polar surface area (TPSA) is 58.2 Å². The fourth-order valence-corrected chi connectivity index (χ4v) is 3.86. The van der Waals surface area contributed by atoms with Gasteiger partial charge in [-0.25, -0.2) is 13.1 Å². The molecule has 0 saturated heterocycles. The van der Waals surface area contributed by atoms with Gasteiger partial charge in [0.05, 0.1) is 4.90 Å². The summed E-state index contributed by atoms with van der Waals surface area (Å²) in [7, 11) is -3.35. The molecule has 2 N–H and O–H groups in total. The molecule has 1 aliphatic carbocycles. The first-order chi connectivity index (χ1) is 10.1. The third kappa shape index (κ3) is 5.00. The molecule has 1 saturated carbocycles. The van der Waals surface area contributed by atoms with E-state index in [1.165, 1.54) is 32.1 Å². The molecule has 2 rings (SSSR count). The molecule has 1 aromatic rings. The van der Waals surface area contributed by atoms with Crippen molar-refractivity contribution in [2.24, 2.45) is 5.92 Å². The van der Waals surface area contributed by atoms with E-state index >= 15 is 0 Å². The van der Waals surface area contributed by atoms with Gasteiger partial charge in [-0.15, -0.1) is 0 Å². The van der Waals surface area contributed by atoms with Crippen molar-refractivity contribution in [3.8, 4) is 0 Å². The molecule has 0 atom stereocenters. The largest absolute Gasteiger partial charge is 0.385 e. The molecule has 118 valence electrons. The molecule has 1 fully saturated rings. The Morgan fingerprint density at radius 1 is 1.10 bits per heavy atom. The van der Waals surface area contributed by atoms with Gasteiger partial charge in [-0.05, 0) is 49.4 Å². The Hall–Kier alpha value is -1.07. The Bertz CT molecular complexity index is 520. The lowest BCUT2D eigenvalue weighted by molar-refractivity contribution is 0.373. The molecule has 0 bridgehead atoms. The highest BCUT2D eigenvalue weighted by Gasteiger charge is 2.14. The number of nitrogens with one attached hydrogen (secondary N) is 2. The van der Waals surface area contributed by atoms with Crippen LogP contribution in [0.3, 0.4) is 0 Å². The third-order valence-corrected chi connectivity index (χ3v) is 5.50. The van der Waals surface area contributed by atoms with Crippen LogP contribution in [0.1, 0.15) is 45.4 Å². The van der Waals surface area contributed by atoms with Crippen LogP contribution < -0.4 is 10.0 Å². The van der Waals surface area contributed by atoms with Crippen molar-refractivity contribution >= 4 is 15.7 Å². The lowest BCUT2D eigenvalue weighted by atomic mass is 9.89. The van der Waals surface area contributed by atoms with E-state index in [1.807, 2.05) is 19.1 Å². The van der Waals surface area contributed by atoms with Crippen LogP contribution in [0, 0.1) is 5.92 Å². The van der Waals surface area contributed by atoms with Crippen LogP contribution in [0.5, 0.6) is 0 Å². The number of rotatable bonds is 7. The van der Waals surface area contributed by atoms with Crippen molar-refractivity contribution in [1.82, 2.24) is 4.72 Å². The van der Waals surface area contributed by atoms with Crippen molar-refractivity contribution in [3.63, 3.8) is 0 Å². The van der Waals surface area contributed by atoms with Gasteiger partial charge in [0.2, 0.25) is 10.0 Å². The maximum absolute atomic E-state index is 12.0. The van der Waals surface area contributed by atoms with Crippen molar-refractivity contribution in [3.05, 3.63) is 24.3 Å². The fraction of sp³-hybridized carbons (Fsp3) is 0.625. The molecule has 0 amide bonds. The summed E-state index contributed by atoms with van der Waals surface area (Å²) in [6.07, 6.45) is 7.45. The lowest BCUT2D eigenvalue weighted by Gasteiger charge is -2.22. The highest BCUT2D eigenvalue weighted by Crippen LogP contribution is 2.24. The standard InChI is InChI=1S/C16H26N2O2S/c1-2-12-18-21(19,20)16-10-8-15(9-11-16)17-13-14-6-4-3-5-7-14/h8-11,14,17-18H,2-7,12-13H2,1H3. The molecule has 0 heterocycles. The van der Waals surface area contributed by atoms with Gasteiger partial charge in [0.25, 0.3) is 0 Å². The van der Waals surface area contributed by atoms with Gasteiger partial charge in [-0.1, -0.05) is 26.2 Å². The van der Waals surface area contributed by atoms with E-state index in [0.717, 1.165) is 24.6 Å². The summed E-state index contributed by atoms with van der Waals surface area (Å²) in [6.45, 7) is 3.41. The van der Waals surface area contributed by atoms with E-state index in [9.17, 15) is 8.42 Å². The quantitative estimate of drug-likeness (QED) is 0.812. The summed E-state index contributed by atoms with van der Waals surface area (Å²) in [5.41, 5.74) is 0.995. The van der Waals surface area contributed by atoms with Crippen molar-refractivity contribution in [2.75, 3.05) is 18.4 Å².